The first-order valence-corrected chi connectivity index (χ1v) is 8.16. The second kappa shape index (κ2) is 5.99. The van der Waals surface area contributed by atoms with Gasteiger partial charge in [-0.1, -0.05) is 48.2 Å². The highest BCUT2D eigenvalue weighted by atomic mass is 79.9. The van der Waals surface area contributed by atoms with Crippen molar-refractivity contribution in [3.05, 3.63) is 47.2 Å². The number of halogens is 1. The number of ketones is 1. The van der Waals surface area contributed by atoms with E-state index in [4.69, 9.17) is 0 Å². The van der Waals surface area contributed by atoms with Crippen molar-refractivity contribution >= 4 is 44.2 Å². The molecule has 3 rings (SSSR count). The highest BCUT2D eigenvalue weighted by molar-refractivity contribution is 9.10. The van der Waals surface area contributed by atoms with Gasteiger partial charge in [-0.3, -0.25) is 9.36 Å². The van der Waals surface area contributed by atoms with Crippen molar-refractivity contribution < 1.29 is 4.79 Å². The number of thioether (sulfide) groups is 1. The molecule has 0 bridgehead atoms. The van der Waals surface area contributed by atoms with Gasteiger partial charge < -0.3 is 0 Å². The zero-order valence-electron chi connectivity index (χ0n) is 11.3. The van der Waals surface area contributed by atoms with Crippen LogP contribution in [0.5, 0.6) is 0 Å². The normalized spacial score (nSPS) is 11.0. The van der Waals surface area contributed by atoms with E-state index >= 15 is 0 Å². The fraction of sp³-hybridized carbons (Fsp3) is 0.133. The van der Waals surface area contributed by atoms with Gasteiger partial charge in [-0.2, -0.15) is 0 Å². The first kappa shape index (κ1) is 14.3. The van der Waals surface area contributed by atoms with Crippen molar-refractivity contribution in [1.29, 1.82) is 0 Å². The molecule has 0 radical (unpaired) electrons. The Morgan fingerprint density at radius 1 is 1.19 bits per heavy atom. The number of rotatable bonds is 4. The van der Waals surface area contributed by atoms with E-state index in [1.807, 2.05) is 28.8 Å². The SMILES string of the molecule is CC(=O)CSc1nnc(Br)n1-c1cccc2ccccc12. The van der Waals surface area contributed by atoms with E-state index < -0.39 is 0 Å². The summed E-state index contributed by atoms with van der Waals surface area (Å²) in [6.07, 6.45) is 0. The van der Waals surface area contributed by atoms with Crippen molar-refractivity contribution in [2.45, 2.75) is 12.1 Å². The van der Waals surface area contributed by atoms with Gasteiger partial charge in [0.15, 0.2) is 5.16 Å². The third kappa shape index (κ3) is 2.87. The van der Waals surface area contributed by atoms with Gasteiger partial charge in [0.2, 0.25) is 4.73 Å². The summed E-state index contributed by atoms with van der Waals surface area (Å²) in [6.45, 7) is 1.57. The maximum absolute atomic E-state index is 11.2. The van der Waals surface area contributed by atoms with Crippen LogP contribution in [0.15, 0.2) is 52.4 Å². The summed E-state index contributed by atoms with van der Waals surface area (Å²) in [7, 11) is 0. The molecule has 0 atom stereocenters. The van der Waals surface area contributed by atoms with E-state index in [0.29, 0.717) is 15.6 Å². The highest BCUT2D eigenvalue weighted by Gasteiger charge is 2.15. The average Bonchev–Trinajstić information content (AvgIpc) is 2.85. The minimum atomic E-state index is 0.114. The lowest BCUT2D eigenvalue weighted by Gasteiger charge is -2.10. The van der Waals surface area contributed by atoms with E-state index in [9.17, 15) is 4.79 Å². The van der Waals surface area contributed by atoms with Crippen LogP contribution in [-0.4, -0.2) is 26.3 Å². The Balaban J connectivity index is 2.14. The van der Waals surface area contributed by atoms with Crippen LogP contribution in [0.4, 0.5) is 0 Å². The lowest BCUT2D eigenvalue weighted by Crippen LogP contribution is -2.01. The third-order valence-electron chi connectivity index (χ3n) is 3.01. The van der Waals surface area contributed by atoms with Crippen molar-refractivity contribution in [2.24, 2.45) is 0 Å². The van der Waals surface area contributed by atoms with Crippen LogP contribution in [0, 0.1) is 0 Å². The van der Waals surface area contributed by atoms with Gasteiger partial charge in [0.25, 0.3) is 0 Å². The lowest BCUT2D eigenvalue weighted by molar-refractivity contribution is -0.114. The molecule has 0 spiro atoms. The topological polar surface area (TPSA) is 47.8 Å². The fourth-order valence-corrected chi connectivity index (χ4v) is 3.42. The zero-order chi connectivity index (χ0) is 14.8. The van der Waals surface area contributed by atoms with E-state index in [-0.39, 0.29) is 5.78 Å². The van der Waals surface area contributed by atoms with Crippen molar-refractivity contribution in [3.8, 4) is 5.69 Å². The van der Waals surface area contributed by atoms with Crippen LogP contribution in [0.25, 0.3) is 16.5 Å². The quantitative estimate of drug-likeness (QED) is 0.662. The summed E-state index contributed by atoms with van der Waals surface area (Å²) in [4.78, 5) is 11.2. The molecule has 0 unspecified atom stereocenters. The Hall–Kier alpha value is -1.66. The van der Waals surface area contributed by atoms with Gasteiger partial charge in [-0.05, 0) is 34.3 Å². The van der Waals surface area contributed by atoms with E-state index in [1.165, 1.54) is 11.8 Å². The Morgan fingerprint density at radius 2 is 1.95 bits per heavy atom. The predicted octanol–water partition coefficient (Wildman–Crippen LogP) is 3.86. The molecule has 0 aliphatic rings. The Morgan fingerprint density at radius 3 is 2.76 bits per heavy atom. The molecule has 0 fully saturated rings. The minimum Gasteiger partial charge on any atom is -0.299 e. The van der Waals surface area contributed by atoms with Crippen LogP contribution in [0.2, 0.25) is 0 Å². The second-order valence-electron chi connectivity index (χ2n) is 4.58. The van der Waals surface area contributed by atoms with Crippen LogP contribution >= 0.6 is 27.7 Å². The molecule has 0 saturated heterocycles. The van der Waals surface area contributed by atoms with Crippen molar-refractivity contribution in [1.82, 2.24) is 14.8 Å². The number of hydrogen-bond donors (Lipinski definition) is 0. The average molecular weight is 362 g/mol. The van der Waals surface area contributed by atoms with Gasteiger partial charge in [0.05, 0.1) is 11.4 Å². The Bertz CT molecular complexity index is 810. The van der Waals surface area contributed by atoms with E-state index in [2.05, 4.69) is 44.3 Å². The summed E-state index contributed by atoms with van der Waals surface area (Å²) in [6, 6.07) is 14.2. The summed E-state index contributed by atoms with van der Waals surface area (Å²) >= 11 is 4.83. The molecule has 0 amide bonds. The van der Waals surface area contributed by atoms with Gasteiger partial charge in [-0.25, -0.2) is 0 Å². The highest BCUT2D eigenvalue weighted by Crippen LogP contribution is 2.29. The van der Waals surface area contributed by atoms with Crippen molar-refractivity contribution in [2.75, 3.05) is 5.75 Å². The van der Waals surface area contributed by atoms with Crippen molar-refractivity contribution in [3.63, 3.8) is 0 Å². The molecule has 4 nitrogen and oxygen atoms in total. The molecule has 6 heteroatoms. The number of carbonyl (C=O) groups is 1. The van der Waals surface area contributed by atoms with Gasteiger partial charge >= 0.3 is 0 Å². The largest absolute Gasteiger partial charge is 0.299 e. The molecule has 106 valence electrons. The number of fused-ring (bicyclic) bond motifs is 1. The number of nitrogens with zero attached hydrogens (tertiary/aromatic N) is 3. The molecule has 1 heterocycles. The molecular formula is C15H12BrN3OS. The maximum atomic E-state index is 11.2. The maximum Gasteiger partial charge on any atom is 0.205 e. The van der Waals surface area contributed by atoms with Gasteiger partial charge in [0.1, 0.15) is 5.78 Å². The molecule has 21 heavy (non-hydrogen) atoms. The Labute approximate surface area is 134 Å². The molecule has 1 aromatic heterocycles. The molecule has 2 aromatic carbocycles. The second-order valence-corrected chi connectivity index (χ2v) is 6.23. The number of carbonyl (C=O) groups excluding carboxylic acids is 1. The van der Waals surface area contributed by atoms with Gasteiger partial charge in [-0.15, -0.1) is 10.2 Å². The molecule has 0 aliphatic carbocycles. The molecular weight excluding hydrogens is 350 g/mol. The number of aromatic nitrogens is 3. The number of benzene rings is 2. The molecule has 0 saturated carbocycles. The first-order chi connectivity index (χ1) is 10.2. The number of Topliss-reactive ketones (excluding diaryl/α,β-unsaturated/α-hetero) is 1. The van der Waals surface area contributed by atoms with Crippen LogP contribution in [0.3, 0.4) is 0 Å². The summed E-state index contributed by atoms with van der Waals surface area (Å²) < 4.78 is 2.56. The van der Waals surface area contributed by atoms with Crippen LogP contribution in [0.1, 0.15) is 6.92 Å². The smallest absolute Gasteiger partial charge is 0.205 e. The summed E-state index contributed by atoms with van der Waals surface area (Å²) in [5, 5.41) is 11.2. The summed E-state index contributed by atoms with van der Waals surface area (Å²) in [5.74, 6) is 0.499. The zero-order valence-corrected chi connectivity index (χ0v) is 13.7. The van der Waals surface area contributed by atoms with Crippen LogP contribution in [-0.2, 0) is 4.79 Å². The van der Waals surface area contributed by atoms with E-state index in [0.717, 1.165) is 16.5 Å². The monoisotopic (exact) mass is 361 g/mol. The van der Waals surface area contributed by atoms with E-state index in [1.54, 1.807) is 6.92 Å². The number of hydrogen-bond acceptors (Lipinski definition) is 4. The first-order valence-electron chi connectivity index (χ1n) is 6.38. The Kier molecular flexibility index (Phi) is 4.07. The minimum absolute atomic E-state index is 0.114. The van der Waals surface area contributed by atoms with Gasteiger partial charge in [0, 0.05) is 5.39 Å². The van der Waals surface area contributed by atoms with Crippen LogP contribution < -0.4 is 0 Å². The molecule has 0 N–H and O–H groups in total. The predicted molar refractivity (Wildman–Crippen MR) is 88.0 cm³/mol. The third-order valence-corrected chi connectivity index (χ3v) is 4.59. The molecule has 0 aliphatic heterocycles. The molecule has 3 aromatic rings. The lowest BCUT2D eigenvalue weighted by atomic mass is 10.1. The standard InChI is InChI=1S/C15H12BrN3OS/c1-10(20)9-21-15-18-17-14(16)19(15)13-8-4-6-11-5-2-3-7-12(11)13/h2-8H,9H2,1H3. The fourth-order valence-electron chi connectivity index (χ4n) is 2.12. The summed E-state index contributed by atoms with van der Waals surface area (Å²) in [5.41, 5.74) is 0.996.